The molecule has 0 spiro atoms. The molecule has 0 atom stereocenters. The van der Waals surface area contributed by atoms with Gasteiger partial charge in [0.2, 0.25) is 0 Å². The first kappa shape index (κ1) is 6.62. The van der Waals surface area contributed by atoms with Crippen molar-refractivity contribution in [2.45, 2.75) is 0 Å². The molecule has 0 N–H and O–H groups in total. The number of rotatable bonds is 0. The summed E-state index contributed by atoms with van der Waals surface area (Å²) >= 11 is 0. The Kier molecular flexibility index (Phi) is 1.74. The Balaban J connectivity index is 2.33. The Labute approximate surface area is 66.4 Å². The van der Waals surface area contributed by atoms with Crippen molar-refractivity contribution < 1.29 is 4.74 Å². The van der Waals surface area contributed by atoms with E-state index < -0.39 is 0 Å². The molecular formula is C10H10O. The summed E-state index contributed by atoms with van der Waals surface area (Å²) in [6.07, 6.45) is 12.4. The maximum absolute atomic E-state index is 5.30. The van der Waals surface area contributed by atoms with Crippen LogP contribution in [0, 0.1) is 0 Å². The normalized spacial score (nSPS) is 21.8. The van der Waals surface area contributed by atoms with Crippen molar-refractivity contribution in [3.8, 4) is 0 Å². The molecule has 0 saturated carbocycles. The third kappa shape index (κ3) is 1.33. The van der Waals surface area contributed by atoms with Crippen molar-refractivity contribution in [1.29, 1.82) is 0 Å². The van der Waals surface area contributed by atoms with Gasteiger partial charge < -0.3 is 4.74 Å². The van der Waals surface area contributed by atoms with Crippen molar-refractivity contribution in [2.75, 3.05) is 13.2 Å². The highest BCUT2D eigenvalue weighted by Crippen LogP contribution is 2.17. The second-order valence-electron chi connectivity index (χ2n) is 2.65. The summed E-state index contributed by atoms with van der Waals surface area (Å²) in [6.45, 7) is 1.54. The quantitative estimate of drug-likeness (QED) is 0.508. The predicted molar refractivity (Wildman–Crippen MR) is 45.3 cm³/mol. The zero-order valence-corrected chi connectivity index (χ0v) is 6.29. The van der Waals surface area contributed by atoms with Gasteiger partial charge in [0.25, 0.3) is 0 Å². The molecule has 0 aromatic carbocycles. The predicted octanol–water partition coefficient (Wildman–Crippen LogP) is 2.00. The molecule has 0 fully saturated rings. The average Bonchev–Trinajstić information content (AvgIpc) is 2.35. The molecule has 2 aliphatic rings. The largest absolute Gasteiger partial charge is 0.372 e. The van der Waals surface area contributed by atoms with Crippen molar-refractivity contribution in [1.82, 2.24) is 0 Å². The smallest absolute Gasteiger partial charge is 0.0724 e. The molecule has 56 valence electrons. The molecule has 0 saturated heterocycles. The second-order valence-corrected chi connectivity index (χ2v) is 2.65. The molecule has 11 heavy (non-hydrogen) atoms. The fraction of sp³-hybridized carbons (Fsp3) is 0.200. The molecule has 1 heterocycles. The van der Waals surface area contributed by atoms with Crippen LogP contribution in [0.1, 0.15) is 0 Å². The van der Waals surface area contributed by atoms with E-state index in [1.54, 1.807) is 0 Å². The number of ether oxygens (including phenoxy) is 1. The molecular weight excluding hydrogens is 136 g/mol. The molecule has 0 radical (unpaired) electrons. The van der Waals surface area contributed by atoms with Crippen LogP contribution in [0.25, 0.3) is 0 Å². The van der Waals surface area contributed by atoms with Crippen LogP contribution in [0.3, 0.4) is 0 Å². The zero-order valence-electron chi connectivity index (χ0n) is 6.29. The van der Waals surface area contributed by atoms with E-state index in [0.29, 0.717) is 0 Å². The van der Waals surface area contributed by atoms with E-state index in [2.05, 4.69) is 12.2 Å². The molecule has 1 aliphatic heterocycles. The molecule has 0 aromatic heterocycles. The Morgan fingerprint density at radius 1 is 0.818 bits per heavy atom. The van der Waals surface area contributed by atoms with Gasteiger partial charge in [-0.3, -0.25) is 0 Å². The van der Waals surface area contributed by atoms with Gasteiger partial charge in [-0.2, -0.15) is 0 Å². The van der Waals surface area contributed by atoms with Crippen LogP contribution in [0.5, 0.6) is 0 Å². The lowest BCUT2D eigenvalue weighted by Crippen LogP contribution is -1.82. The van der Waals surface area contributed by atoms with E-state index >= 15 is 0 Å². The lowest BCUT2D eigenvalue weighted by molar-refractivity contribution is 0.207. The van der Waals surface area contributed by atoms with Gasteiger partial charge in [0, 0.05) is 0 Å². The third-order valence-corrected chi connectivity index (χ3v) is 1.86. The maximum Gasteiger partial charge on any atom is 0.0724 e. The summed E-state index contributed by atoms with van der Waals surface area (Å²) in [5, 5.41) is 0. The van der Waals surface area contributed by atoms with E-state index in [-0.39, 0.29) is 0 Å². The van der Waals surface area contributed by atoms with Crippen LogP contribution in [0.15, 0.2) is 47.6 Å². The summed E-state index contributed by atoms with van der Waals surface area (Å²) in [6, 6.07) is 0. The molecule has 0 unspecified atom stereocenters. The Morgan fingerprint density at radius 2 is 1.36 bits per heavy atom. The summed E-state index contributed by atoms with van der Waals surface area (Å²) in [4.78, 5) is 0. The highest BCUT2D eigenvalue weighted by atomic mass is 16.5. The van der Waals surface area contributed by atoms with E-state index in [0.717, 1.165) is 13.2 Å². The number of hydrogen-bond acceptors (Lipinski definition) is 1. The van der Waals surface area contributed by atoms with Crippen LogP contribution >= 0.6 is 0 Å². The van der Waals surface area contributed by atoms with Crippen LogP contribution < -0.4 is 0 Å². The Hall–Kier alpha value is -1.08. The van der Waals surface area contributed by atoms with Crippen molar-refractivity contribution in [3.63, 3.8) is 0 Å². The first-order valence-corrected chi connectivity index (χ1v) is 3.78. The highest BCUT2D eigenvalue weighted by molar-refractivity contribution is 5.40. The molecule has 0 aromatic rings. The third-order valence-electron chi connectivity index (χ3n) is 1.86. The lowest BCUT2D eigenvalue weighted by atomic mass is 10.1. The van der Waals surface area contributed by atoms with Gasteiger partial charge in [-0.1, -0.05) is 36.5 Å². The Bertz CT molecular complexity index is 241. The van der Waals surface area contributed by atoms with Gasteiger partial charge in [0.1, 0.15) is 0 Å². The van der Waals surface area contributed by atoms with Crippen LogP contribution in [0.4, 0.5) is 0 Å². The average molecular weight is 146 g/mol. The van der Waals surface area contributed by atoms with Gasteiger partial charge in [-0.25, -0.2) is 0 Å². The van der Waals surface area contributed by atoms with Crippen molar-refractivity contribution in [3.05, 3.63) is 47.6 Å². The maximum atomic E-state index is 5.30. The summed E-state index contributed by atoms with van der Waals surface area (Å²) in [5.74, 6) is 0. The fourth-order valence-electron chi connectivity index (χ4n) is 1.24. The topological polar surface area (TPSA) is 9.23 Å². The molecule has 1 heteroatoms. The zero-order chi connectivity index (χ0) is 7.52. The lowest BCUT2D eigenvalue weighted by Gasteiger charge is -1.94. The van der Waals surface area contributed by atoms with E-state index in [4.69, 9.17) is 4.74 Å². The van der Waals surface area contributed by atoms with Gasteiger partial charge >= 0.3 is 0 Å². The van der Waals surface area contributed by atoms with Crippen LogP contribution in [-0.4, -0.2) is 13.2 Å². The van der Waals surface area contributed by atoms with Gasteiger partial charge in [0.05, 0.1) is 13.2 Å². The molecule has 2 rings (SSSR count). The van der Waals surface area contributed by atoms with Gasteiger partial charge in [-0.15, -0.1) is 0 Å². The highest BCUT2D eigenvalue weighted by Gasteiger charge is 2.09. The second kappa shape index (κ2) is 2.89. The molecule has 0 bridgehead atoms. The van der Waals surface area contributed by atoms with E-state index in [9.17, 15) is 0 Å². The SMILES string of the molecule is C1=CC=CC2=C(C=C1)COC2. The number of allylic oxidation sites excluding steroid dienone is 4. The monoisotopic (exact) mass is 146 g/mol. The molecule has 1 aliphatic carbocycles. The van der Waals surface area contributed by atoms with Crippen molar-refractivity contribution in [2.24, 2.45) is 0 Å². The minimum absolute atomic E-state index is 0.768. The Morgan fingerprint density at radius 3 is 1.91 bits per heavy atom. The minimum atomic E-state index is 0.768. The number of hydrogen-bond donors (Lipinski definition) is 0. The van der Waals surface area contributed by atoms with Crippen molar-refractivity contribution >= 4 is 0 Å². The first-order valence-electron chi connectivity index (χ1n) is 3.78. The van der Waals surface area contributed by atoms with E-state index in [1.165, 1.54) is 11.1 Å². The summed E-state index contributed by atoms with van der Waals surface area (Å²) < 4.78 is 5.30. The fourth-order valence-corrected chi connectivity index (χ4v) is 1.24. The standard InChI is InChI=1S/C10H10O/c1-2-4-6-10-8-11-7-9(10)5-3-1/h1-6H,7-8H2. The minimum Gasteiger partial charge on any atom is -0.372 e. The molecule has 1 nitrogen and oxygen atoms in total. The first-order chi connectivity index (χ1) is 5.47. The van der Waals surface area contributed by atoms with Crippen LogP contribution in [0.2, 0.25) is 0 Å². The summed E-state index contributed by atoms with van der Waals surface area (Å²) in [7, 11) is 0. The van der Waals surface area contributed by atoms with E-state index in [1.807, 2.05) is 24.3 Å². The van der Waals surface area contributed by atoms with Crippen LogP contribution in [-0.2, 0) is 4.74 Å². The summed E-state index contributed by atoms with van der Waals surface area (Å²) in [5.41, 5.74) is 2.62. The molecule has 0 amide bonds. The van der Waals surface area contributed by atoms with Gasteiger partial charge in [-0.05, 0) is 11.1 Å². The van der Waals surface area contributed by atoms with Gasteiger partial charge in [0.15, 0.2) is 0 Å².